The highest BCUT2D eigenvalue weighted by molar-refractivity contribution is 4.80. The van der Waals surface area contributed by atoms with Crippen molar-refractivity contribution < 1.29 is 4.74 Å². The molecule has 0 bridgehead atoms. The second-order valence-corrected chi connectivity index (χ2v) is 4.56. The number of nitrogens with one attached hydrogen (secondary N) is 1. The second kappa shape index (κ2) is 6.41. The molecule has 0 aliphatic heterocycles. The molecule has 0 heterocycles. The van der Waals surface area contributed by atoms with Gasteiger partial charge in [0.05, 0.1) is 6.10 Å². The molecule has 1 fully saturated rings. The number of hydrogen-bond acceptors (Lipinski definition) is 2. The number of ether oxygens (including phenoxy) is 1. The number of methoxy groups -OCH3 is 1. The Labute approximate surface area is 88.4 Å². The van der Waals surface area contributed by atoms with Crippen LogP contribution in [0.5, 0.6) is 0 Å². The monoisotopic (exact) mass is 199 g/mol. The summed E-state index contributed by atoms with van der Waals surface area (Å²) in [6, 6.07) is 0.718. The molecule has 1 aliphatic rings. The van der Waals surface area contributed by atoms with Gasteiger partial charge in [0, 0.05) is 13.2 Å². The molecule has 2 unspecified atom stereocenters. The van der Waals surface area contributed by atoms with Gasteiger partial charge in [0.1, 0.15) is 0 Å². The Bertz CT molecular complexity index is 143. The Morgan fingerprint density at radius 3 is 2.43 bits per heavy atom. The van der Waals surface area contributed by atoms with E-state index in [0.717, 1.165) is 12.0 Å². The molecule has 2 atom stereocenters. The number of hydrogen-bond donors (Lipinski definition) is 1. The van der Waals surface area contributed by atoms with Crippen molar-refractivity contribution >= 4 is 0 Å². The first-order chi connectivity index (χ1) is 6.77. The molecule has 0 amide bonds. The van der Waals surface area contributed by atoms with Crippen LogP contribution in [0.1, 0.15) is 45.4 Å². The van der Waals surface area contributed by atoms with Crippen molar-refractivity contribution in [1.29, 1.82) is 0 Å². The molecule has 0 aromatic rings. The predicted octanol–water partition coefficient (Wildman–Crippen LogP) is 2.58. The molecule has 0 radical (unpaired) electrons. The van der Waals surface area contributed by atoms with Gasteiger partial charge in [-0.2, -0.15) is 0 Å². The molecule has 0 saturated heterocycles. The topological polar surface area (TPSA) is 21.3 Å². The van der Waals surface area contributed by atoms with Gasteiger partial charge >= 0.3 is 0 Å². The summed E-state index contributed by atoms with van der Waals surface area (Å²) in [4.78, 5) is 0. The fourth-order valence-electron chi connectivity index (χ4n) is 2.51. The zero-order valence-electron chi connectivity index (χ0n) is 9.88. The largest absolute Gasteiger partial charge is 0.382 e. The van der Waals surface area contributed by atoms with Crippen LogP contribution in [0.4, 0.5) is 0 Å². The van der Waals surface area contributed by atoms with Crippen LogP contribution in [0.25, 0.3) is 0 Å². The molecule has 14 heavy (non-hydrogen) atoms. The van der Waals surface area contributed by atoms with Gasteiger partial charge in [0.2, 0.25) is 0 Å². The van der Waals surface area contributed by atoms with Crippen molar-refractivity contribution in [3.63, 3.8) is 0 Å². The molecule has 84 valence electrons. The molecule has 1 N–H and O–H groups in total. The molecule has 1 saturated carbocycles. The first kappa shape index (κ1) is 12.0. The van der Waals surface area contributed by atoms with Crippen LogP contribution in [0.2, 0.25) is 0 Å². The van der Waals surface area contributed by atoms with Crippen LogP contribution < -0.4 is 5.32 Å². The molecular formula is C12H25NO. The van der Waals surface area contributed by atoms with Crippen molar-refractivity contribution in [2.45, 2.75) is 57.6 Å². The van der Waals surface area contributed by atoms with E-state index < -0.39 is 0 Å². The van der Waals surface area contributed by atoms with Crippen molar-refractivity contribution in [2.24, 2.45) is 5.92 Å². The van der Waals surface area contributed by atoms with Crippen LogP contribution in [0, 0.1) is 5.92 Å². The smallest absolute Gasteiger partial charge is 0.0543 e. The molecular weight excluding hydrogens is 174 g/mol. The van der Waals surface area contributed by atoms with E-state index in [1.54, 1.807) is 7.11 Å². The standard InChI is InChI=1S/C12H25NO/c1-10(14-3)8-9-12(13-2)11-6-4-5-7-11/h10-13H,4-9H2,1-3H3. The van der Waals surface area contributed by atoms with Crippen LogP contribution in [0.3, 0.4) is 0 Å². The van der Waals surface area contributed by atoms with E-state index in [4.69, 9.17) is 4.74 Å². The summed E-state index contributed by atoms with van der Waals surface area (Å²) in [7, 11) is 3.90. The normalized spacial score (nSPS) is 22.5. The molecule has 1 rings (SSSR count). The Morgan fingerprint density at radius 1 is 1.29 bits per heavy atom. The summed E-state index contributed by atoms with van der Waals surface area (Å²) in [5, 5.41) is 3.47. The summed E-state index contributed by atoms with van der Waals surface area (Å²) in [6.07, 6.45) is 8.56. The first-order valence-electron chi connectivity index (χ1n) is 5.98. The summed E-state index contributed by atoms with van der Waals surface area (Å²) in [5.41, 5.74) is 0. The lowest BCUT2D eigenvalue weighted by atomic mass is 9.93. The maximum atomic E-state index is 5.28. The zero-order chi connectivity index (χ0) is 10.4. The Hall–Kier alpha value is -0.0800. The van der Waals surface area contributed by atoms with Crippen molar-refractivity contribution in [1.82, 2.24) is 5.32 Å². The number of rotatable bonds is 6. The quantitative estimate of drug-likeness (QED) is 0.710. The highest BCUT2D eigenvalue weighted by atomic mass is 16.5. The van der Waals surface area contributed by atoms with E-state index in [2.05, 4.69) is 19.3 Å². The van der Waals surface area contributed by atoms with Crippen LogP contribution >= 0.6 is 0 Å². The van der Waals surface area contributed by atoms with Crippen LogP contribution in [-0.2, 0) is 4.74 Å². The molecule has 0 aromatic carbocycles. The SMILES string of the molecule is CNC(CCC(C)OC)C1CCCC1. The van der Waals surface area contributed by atoms with Crippen molar-refractivity contribution in [3.05, 3.63) is 0 Å². The average molecular weight is 199 g/mol. The van der Waals surface area contributed by atoms with Gasteiger partial charge in [-0.25, -0.2) is 0 Å². The van der Waals surface area contributed by atoms with Gasteiger partial charge in [-0.1, -0.05) is 12.8 Å². The van der Waals surface area contributed by atoms with Gasteiger partial charge in [-0.15, -0.1) is 0 Å². The molecule has 2 nitrogen and oxygen atoms in total. The minimum Gasteiger partial charge on any atom is -0.382 e. The van der Waals surface area contributed by atoms with Crippen molar-refractivity contribution in [2.75, 3.05) is 14.2 Å². The van der Waals surface area contributed by atoms with E-state index in [1.807, 2.05) is 0 Å². The third-order valence-corrected chi connectivity index (χ3v) is 3.63. The maximum absolute atomic E-state index is 5.28. The van der Waals surface area contributed by atoms with Gasteiger partial charge in [-0.05, 0) is 45.6 Å². The van der Waals surface area contributed by atoms with E-state index in [-0.39, 0.29) is 0 Å². The molecule has 0 aromatic heterocycles. The Kier molecular flexibility index (Phi) is 5.49. The van der Waals surface area contributed by atoms with E-state index in [9.17, 15) is 0 Å². The van der Waals surface area contributed by atoms with Gasteiger partial charge in [-0.3, -0.25) is 0 Å². The minimum atomic E-state index is 0.409. The first-order valence-corrected chi connectivity index (χ1v) is 5.98. The van der Waals surface area contributed by atoms with Crippen LogP contribution in [0.15, 0.2) is 0 Å². The Balaban J connectivity index is 2.23. The second-order valence-electron chi connectivity index (χ2n) is 4.56. The summed E-state index contributed by atoms with van der Waals surface area (Å²) in [6.45, 7) is 2.15. The minimum absolute atomic E-state index is 0.409. The average Bonchev–Trinajstić information content (AvgIpc) is 2.72. The third kappa shape index (κ3) is 3.58. The van der Waals surface area contributed by atoms with E-state index in [1.165, 1.54) is 38.5 Å². The highest BCUT2D eigenvalue weighted by Crippen LogP contribution is 2.29. The van der Waals surface area contributed by atoms with Gasteiger partial charge < -0.3 is 10.1 Å². The third-order valence-electron chi connectivity index (χ3n) is 3.63. The highest BCUT2D eigenvalue weighted by Gasteiger charge is 2.23. The zero-order valence-corrected chi connectivity index (χ0v) is 9.88. The van der Waals surface area contributed by atoms with Gasteiger partial charge in [0.15, 0.2) is 0 Å². The Morgan fingerprint density at radius 2 is 1.93 bits per heavy atom. The van der Waals surface area contributed by atoms with Gasteiger partial charge in [0.25, 0.3) is 0 Å². The van der Waals surface area contributed by atoms with Crippen molar-refractivity contribution in [3.8, 4) is 0 Å². The summed E-state index contributed by atoms with van der Waals surface area (Å²) in [5.74, 6) is 0.920. The fourth-order valence-corrected chi connectivity index (χ4v) is 2.51. The lowest BCUT2D eigenvalue weighted by molar-refractivity contribution is 0.104. The molecule has 1 aliphatic carbocycles. The molecule has 2 heteroatoms. The lowest BCUT2D eigenvalue weighted by Crippen LogP contribution is -2.33. The summed E-state index contributed by atoms with van der Waals surface area (Å²) < 4.78 is 5.28. The maximum Gasteiger partial charge on any atom is 0.0543 e. The van der Waals surface area contributed by atoms with E-state index in [0.29, 0.717) is 6.10 Å². The fraction of sp³-hybridized carbons (Fsp3) is 1.00. The van der Waals surface area contributed by atoms with Crippen LogP contribution in [-0.4, -0.2) is 26.3 Å². The van der Waals surface area contributed by atoms with E-state index >= 15 is 0 Å². The summed E-state index contributed by atoms with van der Waals surface area (Å²) >= 11 is 0. The molecule has 0 spiro atoms. The predicted molar refractivity (Wildman–Crippen MR) is 60.5 cm³/mol. The lowest BCUT2D eigenvalue weighted by Gasteiger charge is -2.24.